The summed E-state index contributed by atoms with van der Waals surface area (Å²) in [5.41, 5.74) is 3.59. The molecule has 27 heavy (non-hydrogen) atoms. The molecule has 0 bridgehead atoms. The second kappa shape index (κ2) is 7.43. The minimum absolute atomic E-state index is 0.0905. The Morgan fingerprint density at radius 1 is 1.11 bits per heavy atom. The molecule has 0 unspecified atom stereocenters. The Balaban J connectivity index is 1.42. The Bertz CT molecular complexity index is 958. The topological polar surface area (TPSA) is 36.7 Å². The molecule has 0 N–H and O–H groups in total. The first-order valence-corrected chi connectivity index (χ1v) is 9.42. The first kappa shape index (κ1) is 17.6. The number of benzene rings is 2. The molecule has 1 saturated heterocycles. The van der Waals surface area contributed by atoms with Crippen molar-refractivity contribution in [2.45, 2.75) is 19.8 Å². The molecule has 0 saturated carbocycles. The minimum Gasteiger partial charge on any atom is -0.464 e. The van der Waals surface area contributed by atoms with Gasteiger partial charge in [-0.2, -0.15) is 0 Å². The van der Waals surface area contributed by atoms with E-state index in [9.17, 15) is 9.18 Å². The van der Waals surface area contributed by atoms with Crippen LogP contribution in [0.3, 0.4) is 0 Å². The molecule has 0 spiro atoms. The van der Waals surface area contributed by atoms with Gasteiger partial charge in [0.2, 0.25) is 5.91 Å². The van der Waals surface area contributed by atoms with Gasteiger partial charge in [-0.15, -0.1) is 0 Å². The van der Waals surface area contributed by atoms with Crippen molar-refractivity contribution in [3.8, 4) is 0 Å². The van der Waals surface area contributed by atoms with Crippen LogP contribution < -0.4 is 4.90 Å². The van der Waals surface area contributed by atoms with Gasteiger partial charge in [0.15, 0.2) is 0 Å². The summed E-state index contributed by atoms with van der Waals surface area (Å²) in [5.74, 6) is -0.123. The minimum atomic E-state index is -0.214. The fraction of sp³-hybridized carbons (Fsp3) is 0.318. The number of piperazine rings is 1. The maximum Gasteiger partial charge on any atom is 0.227 e. The average Bonchev–Trinajstić information content (AvgIpc) is 3.10. The molecule has 1 aliphatic rings. The number of hydrogen-bond donors (Lipinski definition) is 0. The number of amides is 1. The largest absolute Gasteiger partial charge is 0.464 e. The Morgan fingerprint density at radius 2 is 1.89 bits per heavy atom. The van der Waals surface area contributed by atoms with Crippen molar-refractivity contribution in [2.75, 3.05) is 31.1 Å². The lowest BCUT2D eigenvalue weighted by atomic mass is 10.1. The number of halogens is 1. The zero-order valence-corrected chi connectivity index (χ0v) is 15.5. The van der Waals surface area contributed by atoms with Crippen LogP contribution in [-0.4, -0.2) is 37.0 Å². The van der Waals surface area contributed by atoms with Crippen LogP contribution in [-0.2, 0) is 17.6 Å². The lowest BCUT2D eigenvalue weighted by molar-refractivity contribution is -0.130. The van der Waals surface area contributed by atoms with Crippen LogP contribution in [0.4, 0.5) is 10.1 Å². The van der Waals surface area contributed by atoms with Crippen LogP contribution in [0, 0.1) is 5.82 Å². The highest BCUT2D eigenvalue weighted by Crippen LogP contribution is 2.25. The highest BCUT2D eigenvalue weighted by Gasteiger charge is 2.23. The highest BCUT2D eigenvalue weighted by atomic mass is 19.1. The maximum atomic E-state index is 14.0. The standard InChI is InChI=1S/C22H23FN2O2/c1-2-16-7-8-21-18(13-16)17(15-27-21)14-22(26)25-11-9-24(10-12-25)20-6-4-3-5-19(20)23/h3-8,13,15H,2,9-12,14H2,1H3. The molecule has 5 heteroatoms. The number of anilines is 1. The predicted octanol–water partition coefficient (Wildman–Crippen LogP) is 4.03. The second-order valence-electron chi connectivity index (χ2n) is 6.94. The smallest absolute Gasteiger partial charge is 0.227 e. The van der Waals surface area contributed by atoms with E-state index in [1.165, 1.54) is 11.6 Å². The van der Waals surface area contributed by atoms with E-state index in [1.54, 1.807) is 18.4 Å². The summed E-state index contributed by atoms with van der Waals surface area (Å²) in [7, 11) is 0. The summed E-state index contributed by atoms with van der Waals surface area (Å²) in [6, 6.07) is 12.9. The molecule has 4 rings (SSSR count). The lowest BCUT2D eigenvalue weighted by Crippen LogP contribution is -2.49. The van der Waals surface area contributed by atoms with Crippen molar-refractivity contribution in [1.82, 2.24) is 4.90 Å². The van der Waals surface area contributed by atoms with Crippen LogP contribution in [0.25, 0.3) is 11.0 Å². The summed E-state index contributed by atoms with van der Waals surface area (Å²) in [5, 5.41) is 1.02. The monoisotopic (exact) mass is 366 g/mol. The Labute approximate surface area is 158 Å². The van der Waals surface area contributed by atoms with Crippen molar-refractivity contribution < 1.29 is 13.6 Å². The van der Waals surface area contributed by atoms with E-state index in [4.69, 9.17) is 4.42 Å². The van der Waals surface area contributed by atoms with Gasteiger partial charge < -0.3 is 14.2 Å². The van der Waals surface area contributed by atoms with Crippen molar-refractivity contribution >= 4 is 22.6 Å². The molecule has 0 radical (unpaired) electrons. The fourth-order valence-electron chi connectivity index (χ4n) is 3.67. The highest BCUT2D eigenvalue weighted by molar-refractivity contribution is 5.88. The maximum absolute atomic E-state index is 14.0. The van der Waals surface area contributed by atoms with Crippen LogP contribution in [0.1, 0.15) is 18.1 Å². The molecule has 2 aromatic carbocycles. The van der Waals surface area contributed by atoms with E-state index in [-0.39, 0.29) is 11.7 Å². The first-order valence-electron chi connectivity index (χ1n) is 9.42. The van der Waals surface area contributed by atoms with Gasteiger partial charge >= 0.3 is 0 Å². The molecule has 3 aromatic rings. The van der Waals surface area contributed by atoms with E-state index in [1.807, 2.05) is 21.9 Å². The number of furan rings is 1. The average molecular weight is 366 g/mol. The SMILES string of the molecule is CCc1ccc2occ(CC(=O)N3CCN(c4ccccc4F)CC3)c2c1. The molecular weight excluding hydrogens is 343 g/mol. The number of carbonyl (C=O) groups is 1. The number of fused-ring (bicyclic) bond motifs is 1. The van der Waals surface area contributed by atoms with Gasteiger partial charge in [-0.3, -0.25) is 4.79 Å². The molecule has 1 fully saturated rings. The number of rotatable bonds is 4. The summed E-state index contributed by atoms with van der Waals surface area (Å²) >= 11 is 0. The van der Waals surface area contributed by atoms with E-state index in [2.05, 4.69) is 19.1 Å². The molecule has 140 valence electrons. The number of para-hydroxylation sites is 1. The third-order valence-corrected chi connectivity index (χ3v) is 5.29. The van der Waals surface area contributed by atoms with Crippen molar-refractivity contribution in [2.24, 2.45) is 0 Å². The van der Waals surface area contributed by atoms with E-state index in [0.717, 1.165) is 23.0 Å². The Hall–Kier alpha value is -2.82. The molecule has 1 aromatic heterocycles. The Kier molecular flexibility index (Phi) is 4.84. The lowest BCUT2D eigenvalue weighted by Gasteiger charge is -2.36. The van der Waals surface area contributed by atoms with Gasteiger partial charge in [-0.1, -0.05) is 25.1 Å². The number of aryl methyl sites for hydroxylation is 1. The first-order chi connectivity index (χ1) is 13.2. The third kappa shape index (κ3) is 3.54. The number of carbonyl (C=O) groups excluding carboxylic acids is 1. The van der Waals surface area contributed by atoms with Crippen molar-refractivity contribution in [3.63, 3.8) is 0 Å². The molecule has 4 nitrogen and oxygen atoms in total. The number of nitrogens with zero attached hydrogens (tertiary/aromatic N) is 2. The van der Waals surface area contributed by atoms with Gasteiger partial charge in [0.25, 0.3) is 0 Å². The van der Waals surface area contributed by atoms with Crippen LogP contribution >= 0.6 is 0 Å². The van der Waals surface area contributed by atoms with E-state index in [0.29, 0.717) is 38.3 Å². The fourth-order valence-corrected chi connectivity index (χ4v) is 3.67. The normalized spacial score (nSPS) is 14.7. The van der Waals surface area contributed by atoms with Gasteiger partial charge in [-0.05, 0) is 36.2 Å². The number of hydrogen-bond acceptors (Lipinski definition) is 3. The van der Waals surface area contributed by atoms with Gasteiger partial charge in [0, 0.05) is 37.1 Å². The quantitative estimate of drug-likeness (QED) is 0.700. The van der Waals surface area contributed by atoms with E-state index < -0.39 is 0 Å². The molecular formula is C22H23FN2O2. The molecule has 0 atom stereocenters. The van der Waals surface area contributed by atoms with Crippen LogP contribution in [0.5, 0.6) is 0 Å². The third-order valence-electron chi connectivity index (χ3n) is 5.29. The van der Waals surface area contributed by atoms with Gasteiger partial charge in [0.05, 0.1) is 18.4 Å². The summed E-state index contributed by atoms with van der Waals surface area (Å²) in [6.45, 7) is 4.59. The van der Waals surface area contributed by atoms with Crippen molar-refractivity contribution in [3.05, 3.63) is 65.7 Å². The summed E-state index contributed by atoms with van der Waals surface area (Å²) in [4.78, 5) is 16.6. The Morgan fingerprint density at radius 3 is 2.63 bits per heavy atom. The van der Waals surface area contributed by atoms with Crippen LogP contribution in [0.15, 0.2) is 53.1 Å². The van der Waals surface area contributed by atoms with Gasteiger partial charge in [-0.25, -0.2) is 4.39 Å². The molecule has 1 aliphatic heterocycles. The molecule has 2 heterocycles. The van der Waals surface area contributed by atoms with Crippen molar-refractivity contribution in [1.29, 1.82) is 0 Å². The van der Waals surface area contributed by atoms with Crippen LogP contribution in [0.2, 0.25) is 0 Å². The van der Waals surface area contributed by atoms with Gasteiger partial charge in [0.1, 0.15) is 11.4 Å². The second-order valence-corrected chi connectivity index (χ2v) is 6.94. The zero-order chi connectivity index (χ0) is 18.8. The summed E-state index contributed by atoms with van der Waals surface area (Å²) in [6.07, 6.45) is 2.98. The summed E-state index contributed by atoms with van der Waals surface area (Å²) < 4.78 is 19.6. The molecule has 1 amide bonds. The predicted molar refractivity (Wildman–Crippen MR) is 104 cm³/mol. The zero-order valence-electron chi connectivity index (χ0n) is 15.5. The van der Waals surface area contributed by atoms with E-state index >= 15 is 0 Å². The molecule has 0 aliphatic carbocycles.